The highest BCUT2D eigenvalue weighted by Gasteiger charge is 2.49. The van der Waals surface area contributed by atoms with Crippen LogP contribution in [0.3, 0.4) is 0 Å². The SMILES string of the molecule is CC[C@H](C)[C@H](N)C(C)C[C@@]1(N)C[C@@H]1N. The fourth-order valence-electron chi connectivity index (χ4n) is 2.15. The predicted molar refractivity (Wildman–Crippen MR) is 60.7 cm³/mol. The van der Waals surface area contributed by atoms with Crippen molar-refractivity contribution in [2.75, 3.05) is 0 Å². The zero-order valence-corrected chi connectivity index (χ0v) is 9.66. The van der Waals surface area contributed by atoms with Gasteiger partial charge >= 0.3 is 0 Å². The molecule has 84 valence electrons. The molecular weight excluding hydrogens is 174 g/mol. The van der Waals surface area contributed by atoms with E-state index >= 15 is 0 Å². The Morgan fingerprint density at radius 1 is 1.36 bits per heavy atom. The first-order valence-electron chi connectivity index (χ1n) is 5.70. The van der Waals surface area contributed by atoms with Crippen molar-refractivity contribution in [2.45, 2.75) is 57.7 Å². The normalized spacial score (nSPS) is 37.7. The molecule has 0 heterocycles. The summed E-state index contributed by atoms with van der Waals surface area (Å²) in [5.74, 6) is 1.05. The Balaban J connectivity index is 2.38. The first kappa shape index (κ1) is 12.0. The molecule has 3 heteroatoms. The zero-order valence-electron chi connectivity index (χ0n) is 9.66. The maximum absolute atomic E-state index is 6.16. The maximum Gasteiger partial charge on any atom is 0.0327 e. The average Bonchev–Trinajstić information content (AvgIpc) is 2.71. The Kier molecular flexibility index (Phi) is 3.56. The molecule has 1 unspecified atom stereocenters. The maximum atomic E-state index is 6.16. The standard InChI is InChI=1S/C11H25N3/c1-4-7(2)10(13)8(3)5-11(14)6-9(11)12/h7-10H,4-6,12-14H2,1-3H3/t7-,8?,9-,10-,11+/m0/s1. The van der Waals surface area contributed by atoms with Gasteiger partial charge in [0.05, 0.1) is 0 Å². The first-order valence-corrected chi connectivity index (χ1v) is 5.70. The molecule has 1 aliphatic carbocycles. The summed E-state index contributed by atoms with van der Waals surface area (Å²) in [5.41, 5.74) is 17.9. The molecule has 0 spiro atoms. The van der Waals surface area contributed by atoms with E-state index < -0.39 is 0 Å². The second kappa shape index (κ2) is 4.17. The topological polar surface area (TPSA) is 78.1 Å². The van der Waals surface area contributed by atoms with Crippen LogP contribution >= 0.6 is 0 Å². The van der Waals surface area contributed by atoms with Crippen LogP contribution in [0.15, 0.2) is 0 Å². The summed E-state index contributed by atoms with van der Waals surface area (Å²) >= 11 is 0. The van der Waals surface area contributed by atoms with Crippen LogP contribution in [-0.2, 0) is 0 Å². The lowest BCUT2D eigenvalue weighted by molar-refractivity contribution is 0.299. The van der Waals surface area contributed by atoms with E-state index in [1.54, 1.807) is 0 Å². The van der Waals surface area contributed by atoms with Crippen LogP contribution in [-0.4, -0.2) is 17.6 Å². The Morgan fingerprint density at radius 2 is 1.86 bits per heavy atom. The summed E-state index contributed by atoms with van der Waals surface area (Å²) in [6, 6.07) is 0.460. The number of nitrogens with two attached hydrogens (primary N) is 3. The molecule has 0 aromatic rings. The van der Waals surface area contributed by atoms with E-state index in [1.807, 2.05) is 0 Å². The van der Waals surface area contributed by atoms with E-state index in [-0.39, 0.29) is 17.6 Å². The van der Waals surface area contributed by atoms with Crippen molar-refractivity contribution in [1.82, 2.24) is 0 Å². The molecule has 3 nitrogen and oxygen atoms in total. The molecular formula is C11H25N3. The summed E-state index contributed by atoms with van der Waals surface area (Å²) in [5, 5.41) is 0. The smallest absolute Gasteiger partial charge is 0.0327 e. The Labute approximate surface area is 87.4 Å². The van der Waals surface area contributed by atoms with Crippen molar-refractivity contribution in [3.05, 3.63) is 0 Å². The van der Waals surface area contributed by atoms with E-state index in [4.69, 9.17) is 17.2 Å². The fourth-order valence-corrected chi connectivity index (χ4v) is 2.15. The molecule has 0 amide bonds. The minimum Gasteiger partial charge on any atom is -0.327 e. The number of hydrogen-bond donors (Lipinski definition) is 3. The van der Waals surface area contributed by atoms with E-state index in [0.29, 0.717) is 11.8 Å². The lowest BCUT2D eigenvalue weighted by atomic mass is 9.85. The Bertz CT molecular complexity index is 195. The van der Waals surface area contributed by atoms with E-state index in [2.05, 4.69) is 20.8 Å². The van der Waals surface area contributed by atoms with Gasteiger partial charge in [-0.3, -0.25) is 0 Å². The van der Waals surface area contributed by atoms with Gasteiger partial charge in [0, 0.05) is 17.6 Å². The van der Waals surface area contributed by atoms with Crippen LogP contribution in [0.25, 0.3) is 0 Å². The van der Waals surface area contributed by atoms with Gasteiger partial charge < -0.3 is 17.2 Å². The van der Waals surface area contributed by atoms with Crippen molar-refractivity contribution in [2.24, 2.45) is 29.0 Å². The van der Waals surface area contributed by atoms with Gasteiger partial charge in [-0.2, -0.15) is 0 Å². The minimum absolute atomic E-state index is 0.107. The van der Waals surface area contributed by atoms with Crippen molar-refractivity contribution in [3.8, 4) is 0 Å². The van der Waals surface area contributed by atoms with Gasteiger partial charge in [-0.25, -0.2) is 0 Å². The highest BCUT2D eigenvalue weighted by Crippen LogP contribution is 2.38. The molecule has 0 aliphatic heterocycles. The molecule has 1 aliphatic rings. The van der Waals surface area contributed by atoms with E-state index in [1.165, 1.54) is 0 Å². The fraction of sp³-hybridized carbons (Fsp3) is 1.00. The third kappa shape index (κ3) is 2.47. The molecule has 1 saturated carbocycles. The molecule has 1 rings (SSSR count). The van der Waals surface area contributed by atoms with Gasteiger partial charge in [0.15, 0.2) is 0 Å². The lowest BCUT2D eigenvalue weighted by Crippen LogP contribution is -2.41. The molecule has 6 N–H and O–H groups in total. The van der Waals surface area contributed by atoms with Crippen LogP contribution in [0.5, 0.6) is 0 Å². The van der Waals surface area contributed by atoms with Crippen LogP contribution in [0.2, 0.25) is 0 Å². The van der Waals surface area contributed by atoms with Crippen LogP contribution < -0.4 is 17.2 Å². The third-order valence-electron chi connectivity index (χ3n) is 3.84. The summed E-state index contributed by atoms with van der Waals surface area (Å²) in [7, 11) is 0. The molecule has 0 saturated heterocycles. The molecule has 0 aromatic carbocycles. The van der Waals surface area contributed by atoms with Gasteiger partial charge in [-0.05, 0) is 24.7 Å². The highest BCUT2D eigenvalue weighted by molar-refractivity contribution is 5.12. The summed E-state index contributed by atoms with van der Waals surface area (Å²) in [6.45, 7) is 6.58. The molecule has 0 aromatic heterocycles. The van der Waals surface area contributed by atoms with E-state index in [9.17, 15) is 0 Å². The van der Waals surface area contributed by atoms with Gasteiger partial charge in [-0.1, -0.05) is 27.2 Å². The van der Waals surface area contributed by atoms with Crippen LogP contribution in [0.4, 0.5) is 0 Å². The molecule has 0 radical (unpaired) electrons. The molecule has 5 atom stereocenters. The van der Waals surface area contributed by atoms with Crippen molar-refractivity contribution < 1.29 is 0 Å². The monoisotopic (exact) mass is 199 g/mol. The Morgan fingerprint density at radius 3 is 2.21 bits per heavy atom. The summed E-state index contributed by atoms with van der Waals surface area (Å²) in [4.78, 5) is 0. The lowest BCUT2D eigenvalue weighted by Gasteiger charge is -2.27. The minimum atomic E-state index is -0.107. The Hall–Kier alpha value is -0.120. The largest absolute Gasteiger partial charge is 0.327 e. The van der Waals surface area contributed by atoms with Crippen LogP contribution in [0, 0.1) is 11.8 Å². The third-order valence-corrected chi connectivity index (χ3v) is 3.84. The van der Waals surface area contributed by atoms with Crippen molar-refractivity contribution in [1.29, 1.82) is 0 Å². The second-order valence-corrected chi connectivity index (χ2v) is 5.19. The van der Waals surface area contributed by atoms with Crippen LogP contribution in [0.1, 0.15) is 40.0 Å². The summed E-state index contributed by atoms with van der Waals surface area (Å²) < 4.78 is 0. The predicted octanol–water partition coefficient (Wildman–Crippen LogP) is 0.815. The first-order chi connectivity index (χ1) is 6.40. The van der Waals surface area contributed by atoms with Gasteiger partial charge in [0.2, 0.25) is 0 Å². The molecule has 1 fully saturated rings. The van der Waals surface area contributed by atoms with Gasteiger partial charge in [0.1, 0.15) is 0 Å². The van der Waals surface area contributed by atoms with Gasteiger partial charge in [0.25, 0.3) is 0 Å². The van der Waals surface area contributed by atoms with Gasteiger partial charge in [-0.15, -0.1) is 0 Å². The quantitative estimate of drug-likeness (QED) is 0.613. The molecule has 0 bridgehead atoms. The second-order valence-electron chi connectivity index (χ2n) is 5.19. The number of rotatable bonds is 5. The number of hydrogen-bond acceptors (Lipinski definition) is 3. The van der Waals surface area contributed by atoms with E-state index in [0.717, 1.165) is 19.3 Å². The zero-order chi connectivity index (χ0) is 10.9. The highest BCUT2D eigenvalue weighted by atomic mass is 15.0. The molecule has 14 heavy (non-hydrogen) atoms. The summed E-state index contributed by atoms with van der Waals surface area (Å²) in [6.07, 6.45) is 3.07. The van der Waals surface area contributed by atoms with Crippen molar-refractivity contribution >= 4 is 0 Å². The van der Waals surface area contributed by atoms with Crippen molar-refractivity contribution in [3.63, 3.8) is 0 Å². The average molecular weight is 199 g/mol.